The van der Waals surface area contributed by atoms with E-state index in [2.05, 4.69) is 17.7 Å². The van der Waals surface area contributed by atoms with E-state index in [0.717, 1.165) is 25.7 Å². The Morgan fingerprint density at radius 1 is 1.43 bits per heavy atom. The summed E-state index contributed by atoms with van der Waals surface area (Å²) in [5, 5.41) is 13.6. The molecule has 0 saturated carbocycles. The van der Waals surface area contributed by atoms with Crippen molar-refractivity contribution in [2.75, 3.05) is 5.43 Å². The second kappa shape index (κ2) is 8.21. The maximum atomic E-state index is 12.2. The Labute approximate surface area is 124 Å². The van der Waals surface area contributed by atoms with Gasteiger partial charge in [0, 0.05) is 18.2 Å². The summed E-state index contributed by atoms with van der Waals surface area (Å²) in [6.45, 7) is 4.03. The van der Waals surface area contributed by atoms with Gasteiger partial charge in [0.1, 0.15) is 0 Å². The highest BCUT2D eigenvalue weighted by molar-refractivity contribution is 6.00. The van der Waals surface area contributed by atoms with E-state index in [-0.39, 0.29) is 23.2 Å². The first kappa shape index (κ1) is 16.9. The SMILES string of the molecule is CCCCCC(C)NC(=O)c1cc([N+](=O)[O-])ccc1NN. The fraction of sp³-hybridized carbons (Fsp3) is 0.500. The molecule has 0 aromatic heterocycles. The highest BCUT2D eigenvalue weighted by Crippen LogP contribution is 2.21. The maximum absolute atomic E-state index is 12.2. The number of non-ortho nitro benzene ring substituents is 1. The summed E-state index contributed by atoms with van der Waals surface area (Å²) in [5.41, 5.74) is 2.78. The van der Waals surface area contributed by atoms with Crippen molar-refractivity contribution in [1.29, 1.82) is 0 Å². The van der Waals surface area contributed by atoms with Crippen molar-refractivity contribution in [3.63, 3.8) is 0 Å². The summed E-state index contributed by atoms with van der Waals surface area (Å²) in [6, 6.07) is 3.96. The van der Waals surface area contributed by atoms with E-state index >= 15 is 0 Å². The molecule has 4 N–H and O–H groups in total. The van der Waals surface area contributed by atoms with E-state index in [9.17, 15) is 14.9 Å². The number of carbonyl (C=O) groups is 1. The molecular weight excluding hydrogens is 272 g/mol. The van der Waals surface area contributed by atoms with Crippen LogP contribution in [0.4, 0.5) is 11.4 Å². The van der Waals surface area contributed by atoms with Crippen LogP contribution in [0.5, 0.6) is 0 Å². The maximum Gasteiger partial charge on any atom is 0.270 e. The van der Waals surface area contributed by atoms with Gasteiger partial charge in [0.25, 0.3) is 11.6 Å². The topological polar surface area (TPSA) is 110 Å². The van der Waals surface area contributed by atoms with E-state index in [1.54, 1.807) is 0 Å². The second-order valence-corrected chi connectivity index (χ2v) is 5.00. The van der Waals surface area contributed by atoms with Crippen molar-refractivity contribution in [3.8, 4) is 0 Å². The first-order valence-corrected chi connectivity index (χ1v) is 7.05. The van der Waals surface area contributed by atoms with E-state index in [4.69, 9.17) is 5.84 Å². The standard InChI is InChI=1S/C14H22N4O3/c1-3-4-5-6-10(2)16-14(19)12-9-11(18(20)21)7-8-13(12)17-15/h7-10,17H,3-6,15H2,1-2H3,(H,16,19). The van der Waals surface area contributed by atoms with Crippen LogP contribution in [0.25, 0.3) is 0 Å². The number of amides is 1. The Hall–Kier alpha value is -2.15. The highest BCUT2D eigenvalue weighted by atomic mass is 16.6. The monoisotopic (exact) mass is 294 g/mol. The number of nitro benzene ring substituents is 1. The third-order valence-electron chi connectivity index (χ3n) is 3.23. The quantitative estimate of drug-likeness (QED) is 0.295. The third kappa shape index (κ3) is 5.03. The second-order valence-electron chi connectivity index (χ2n) is 5.00. The summed E-state index contributed by atoms with van der Waals surface area (Å²) in [6.07, 6.45) is 4.15. The summed E-state index contributed by atoms with van der Waals surface area (Å²) in [7, 11) is 0. The van der Waals surface area contributed by atoms with Crippen molar-refractivity contribution in [2.24, 2.45) is 5.84 Å². The number of nitrogens with zero attached hydrogens (tertiary/aromatic N) is 1. The lowest BCUT2D eigenvalue weighted by Gasteiger charge is -2.15. The first-order valence-electron chi connectivity index (χ1n) is 7.05. The van der Waals surface area contributed by atoms with E-state index in [1.807, 2.05) is 6.92 Å². The first-order chi connectivity index (χ1) is 9.99. The molecule has 1 rings (SSSR count). The number of benzene rings is 1. The number of anilines is 1. The number of unbranched alkanes of at least 4 members (excludes halogenated alkanes) is 2. The molecule has 1 atom stereocenters. The van der Waals surface area contributed by atoms with Gasteiger partial charge in [0.05, 0.1) is 16.2 Å². The summed E-state index contributed by atoms with van der Waals surface area (Å²) < 4.78 is 0. The van der Waals surface area contributed by atoms with Gasteiger partial charge in [0.2, 0.25) is 0 Å². The minimum Gasteiger partial charge on any atom is -0.350 e. The van der Waals surface area contributed by atoms with Crippen LogP contribution in [0.1, 0.15) is 49.9 Å². The van der Waals surface area contributed by atoms with Gasteiger partial charge in [-0.1, -0.05) is 26.2 Å². The predicted octanol–water partition coefficient (Wildman–Crippen LogP) is 2.58. The number of nitrogens with two attached hydrogens (primary N) is 1. The van der Waals surface area contributed by atoms with Gasteiger partial charge in [-0.2, -0.15) is 0 Å². The van der Waals surface area contributed by atoms with E-state index in [1.165, 1.54) is 18.2 Å². The van der Waals surface area contributed by atoms with Gasteiger partial charge in [-0.3, -0.25) is 20.8 Å². The molecule has 0 radical (unpaired) electrons. The number of carbonyl (C=O) groups excluding carboxylic acids is 1. The summed E-state index contributed by atoms with van der Waals surface area (Å²) in [4.78, 5) is 22.5. The Bertz CT molecular complexity index is 505. The van der Waals surface area contributed by atoms with Crippen LogP contribution in [0.15, 0.2) is 18.2 Å². The van der Waals surface area contributed by atoms with Crippen molar-refractivity contribution in [3.05, 3.63) is 33.9 Å². The largest absolute Gasteiger partial charge is 0.350 e. The summed E-state index contributed by atoms with van der Waals surface area (Å²) in [5.74, 6) is 4.98. The minimum absolute atomic E-state index is 0.00827. The average molecular weight is 294 g/mol. The molecule has 116 valence electrons. The van der Waals surface area contributed by atoms with Gasteiger partial charge in [-0.25, -0.2) is 0 Å². The Morgan fingerprint density at radius 2 is 2.14 bits per heavy atom. The van der Waals surface area contributed by atoms with Crippen molar-refractivity contribution in [1.82, 2.24) is 5.32 Å². The summed E-state index contributed by atoms with van der Waals surface area (Å²) >= 11 is 0. The van der Waals surface area contributed by atoms with Crippen molar-refractivity contribution in [2.45, 2.75) is 45.6 Å². The van der Waals surface area contributed by atoms with E-state index in [0.29, 0.717) is 5.69 Å². The lowest BCUT2D eigenvalue weighted by Crippen LogP contribution is -2.33. The van der Waals surface area contributed by atoms with Gasteiger partial charge in [0.15, 0.2) is 0 Å². The van der Waals surface area contributed by atoms with Gasteiger partial charge >= 0.3 is 0 Å². The molecule has 0 aliphatic heterocycles. The zero-order valence-corrected chi connectivity index (χ0v) is 12.4. The molecule has 7 heteroatoms. The Morgan fingerprint density at radius 3 is 2.71 bits per heavy atom. The smallest absolute Gasteiger partial charge is 0.270 e. The van der Waals surface area contributed by atoms with Crippen LogP contribution < -0.4 is 16.6 Å². The zero-order chi connectivity index (χ0) is 15.8. The molecule has 1 unspecified atom stereocenters. The van der Waals surface area contributed by atoms with Crippen molar-refractivity contribution >= 4 is 17.3 Å². The van der Waals surface area contributed by atoms with Crippen LogP contribution in [-0.2, 0) is 0 Å². The zero-order valence-electron chi connectivity index (χ0n) is 12.4. The van der Waals surface area contributed by atoms with Crippen LogP contribution in [0.2, 0.25) is 0 Å². The van der Waals surface area contributed by atoms with Crippen LogP contribution in [-0.4, -0.2) is 16.9 Å². The molecule has 0 fully saturated rings. The molecule has 0 aliphatic carbocycles. The average Bonchev–Trinajstić information content (AvgIpc) is 2.46. The molecule has 21 heavy (non-hydrogen) atoms. The normalized spacial score (nSPS) is 11.8. The predicted molar refractivity (Wildman–Crippen MR) is 82.0 cm³/mol. The molecule has 1 amide bonds. The van der Waals surface area contributed by atoms with Crippen LogP contribution in [0.3, 0.4) is 0 Å². The lowest BCUT2D eigenvalue weighted by atomic mass is 10.1. The molecule has 7 nitrogen and oxygen atoms in total. The number of rotatable bonds is 8. The van der Waals surface area contributed by atoms with Gasteiger partial charge in [-0.05, 0) is 19.4 Å². The number of hydrazine groups is 1. The fourth-order valence-electron chi connectivity index (χ4n) is 2.03. The molecule has 0 saturated heterocycles. The van der Waals surface area contributed by atoms with E-state index < -0.39 is 4.92 Å². The lowest BCUT2D eigenvalue weighted by molar-refractivity contribution is -0.384. The molecular formula is C14H22N4O3. The molecule has 0 spiro atoms. The molecule has 0 bridgehead atoms. The molecule has 1 aromatic carbocycles. The highest BCUT2D eigenvalue weighted by Gasteiger charge is 2.17. The fourth-order valence-corrected chi connectivity index (χ4v) is 2.03. The Balaban J connectivity index is 2.80. The van der Waals surface area contributed by atoms with Crippen LogP contribution in [0, 0.1) is 10.1 Å². The van der Waals surface area contributed by atoms with Gasteiger partial charge in [-0.15, -0.1) is 0 Å². The number of nitrogen functional groups attached to an aromatic ring is 1. The van der Waals surface area contributed by atoms with Gasteiger partial charge < -0.3 is 10.7 Å². The Kier molecular flexibility index (Phi) is 6.61. The number of nitro groups is 1. The number of nitrogens with one attached hydrogen (secondary N) is 2. The molecule has 0 heterocycles. The number of hydrogen-bond acceptors (Lipinski definition) is 5. The van der Waals surface area contributed by atoms with Crippen molar-refractivity contribution < 1.29 is 9.72 Å². The molecule has 1 aromatic rings. The minimum atomic E-state index is -0.540. The number of hydrogen-bond donors (Lipinski definition) is 3. The third-order valence-corrected chi connectivity index (χ3v) is 3.23. The molecule has 0 aliphatic rings. The van der Waals surface area contributed by atoms with Crippen LogP contribution >= 0.6 is 0 Å².